The maximum atomic E-state index is 13.0. The van der Waals surface area contributed by atoms with Crippen molar-refractivity contribution in [2.75, 3.05) is 77.4 Å². The molecule has 8 bridgehead atoms. The third-order valence-electron chi connectivity index (χ3n) is 13.1. The highest BCUT2D eigenvalue weighted by molar-refractivity contribution is 6.00. The van der Waals surface area contributed by atoms with Crippen LogP contribution in [0.15, 0.2) is 140 Å². The number of anilines is 1. The Bertz CT molecular complexity index is 3510. The number of carbonyl (C=O) groups excluding carboxylic acids is 1. The van der Waals surface area contributed by atoms with E-state index < -0.39 is 62.6 Å². The zero-order valence-corrected chi connectivity index (χ0v) is 42.3. The molecule has 0 aliphatic carbocycles. The third-order valence-corrected chi connectivity index (χ3v) is 13.1. The summed E-state index contributed by atoms with van der Waals surface area (Å²) in [5.74, 6) is -5.61. The number of aromatic nitrogens is 4. The molecule has 0 radical (unpaired) electrons. The molecular weight excluding hydrogens is 993 g/mol. The average molecular weight is 1050 g/mol. The van der Waals surface area contributed by atoms with Crippen LogP contribution < -0.4 is 5.32 Å². The quantitative estimate of drug-likeness (QED) is 0.0221. The van der Waals surface area contributed by atoms with Gasteiger partial charge in [-0.25, -0.2) is 9.97 Å². The zero-order valence-electron chi connectivity index (χ0n) is 42.3. The van der Waals surface area contributed by atoms with Crippen LogP contribution in [0.1, 0.15) is 22.8 Å². The Labute approximate surface area is 448 Å². The van der Waals surface area contributed by atoms with Crippen molar-refractivity contribution in [3.8, 4) is 44.5 Å². The monoisotopic (exact) mass is 1050 g/mol. The number of benzene rings is 4. The summed E-state index contributed by atoms with van der Waals surface area (Å²) in [6.45, 7) is -2.54. The molecule has 18 nitrogen and oxygen atoms in total. The van der Waals surface area contributed by atoms with Gasteiger partial charge in [0.05, 0.1) is 55.5 Å². The van der Waals surface area contributed by atoms with Crippen molar-refractivity contribution in [1.82, 2.24) is 34.6 Å². The van der Waals surface area contributed by atoms with Crippen molar-refractivity contribution >= 4 is 81.9 Å². The van der Waals surface area contributed by atoms with Crippen molar-refractivity contribution in [2.45, 2.75) is 0 Å². The first-order valence-electron chi connectivity index (χ1n) is 25.2. The molecule has 396 valence electrons. The molecule has 78 heavy (non-hydrogen) atoms. The summed E-state index contributed by atoms with van der Waals surface area (Å²) in [4.78, 5) is 81.0. The van der Waals surface area contributed by atoms with Gasteiger partial charge in [-0.2, -0.15) is 0 Å². The number of carbonyl (C=O) groups is 5. The molecule has 7 aromatic rings. The second-order valence-electron chi connectivity index (χ2n) is 18.6. The lowest BCUT2D eigenvalue weighted by Gasteiger charge is -2.27. The van der Waals surface area contributed by atoms with E-state index >= 15 is 0 Å². The summed E-state index contributed by atoms with van der Waals surface area (Å²) < 4.78 is 5.48. The SMILES string of the molecule is O=C(O)CN(CCN(CC(=O)O)CC(=O)O)CCN(CC(=O)O)CC(=O)OCCNc1ccc(-c2c3nc(c(-c4ccccc4)c4ccc([nH]4)c(-c4ccccc4)c4nc(c(-c5ccccc5)c5ccc2[nH]5)C=C4)C=C3)cc1. The van der Waals surface area contributed by atoms with Gasteiger partial charge in [0.25, 0.3) is 0 Å². The van der Waals surface area contributed by atoms with Crippen LogP contribution in [0.25, 0.3) is 90.9 Å². The minimum atomic E-state index is -1.25. The van der Waals surface area contributed by atoms with Gasteiger partial charge in [0.1, 0.15) is 6.61 Å². The highest BCUT2D eigenvalue weighted by atomic mass is 16.5. The fourth-order valence-electron chi connectivity index (χ4n) is 9.61. The second kappa shape index (κ2) is 24.9. The van der Waals surface area contributed by atoms with Gasteiger partial charge in [-0.15, -0.1) is 0 Å². The van der Waals surface area contributed by atoms with Crippen LogP contribution in [0.2, 0.25) is 0 Å². The second-order valence-corrected chi connectivity index (χ2v) is 18.6. The summed E-state index contributed by atoms with van der Waals surface area (Å²) >= 11 is 0. The molecule has 5 heterocycles. The molecule has 9 rings (SSSR count). The Morgan fingerprint density at radius 1 is 0.410 bits per heavy atom. The molecule has 0 amide bonds. The van der Waals surface area contributed by atoms with Crippen LogP contribution in [0, 0.1) is 0 Å². The lowest BCUT2D eigenvalue weighted by molar-refractivity contribution is -0.147. The van der Waals surface area contributed by atoms with Crippen LogP contribution in [0.3, 0.4) is 0 Å². The van der Waals surface area contributed by atoms with Gasteiger partial charge in [0, 0.05) is 82.7 Å². The highest BCUT2D eigenvalue weighted by Gasteiger charge is 2.22. The smallest absolute Gasteiger partial charge is 0.320 e. The zero-order chi connectivity index (χ0) is 54.5. The number of carboxylic acid groups (broad SMARTS) is 4. The molecule has 2 aliphatic heterocycles. The Balaban J connectivity index is 0.982. The molecule has 0 fully saturated rings. The van der Waals surface area contributed by atoms with Crippen molar-refractivity contribution < 1.29 is 49.1 Å². The van der Waals surface area contributed by atoms with E-state index in [0.29, 0.717) is 0 Å². The molecule has 0 atom stereocenters. The van der Waals surface area contributed by atoms with E-state index in [9.17, 15) is 44.4 Å². The number of ether oxygens (including phenoxy) is 1. The van der Waals surface area contributed by atoms with E-state index in [1.54, 1.807) is 0 Å². The first kappa shape index (κ1) is 53.3. The van der Waals surface area contributed by atoms with Gasteiger partial charge in [0.15, 0.2) is 0 Å². The van der Waals surface area contributed by atoms with Gasteiger partial charge in [0.2, 0.25) is 0 Å². The maximum Gasteiger partial charge on any atom is 0.320 e. The van der Waals surface area contributed by atoms with Crippen molar-refractivity contribution in [2.24, 2.45) is 0 Å². The number of fused-ring (bicyclic) bond motifs is 8. The maximum absolute atomic E-state index is 13.0. The Kier molecular flexibility index (Phi) is 17.0. The Hall–Kier alpha value is -9.49. The van der Waals surface area contributed by atoms with Gasteiger partial charge in [-0.1, -0.05) is 103 Å². The number of aromatic amines is 2. The number of rotatable bonds is 24. The van der Waals surface area contributed by atoms with Crippen LogP contribution in [0.4, 0.5) is 5.69 Å². The van der Waals surface area contributed by atoms with Crippen LogP contribution in [0.5, 0.6) is 0 Å². The number of nitrogens with zero attached hydrogens (tertiary/aromatic N) is 5. The fraction of sp³-hybridized carbons (Fsp3) is 0.183. The number of carboxylic acids is 4. The molecule has 0 unspecified atom stereocenters. The minimum absolute atomic E-state index is 0.0115. The lowest BCUT2D eigenvalue weighted by Crippen LogP contribution is -2.45. The van der Waals surface area contributed by atoms with E-state index in [4.69, 9.17) is 14.7 Å². The third kappa shape index (κ3) is 13.5. The largest absolute Gasteiger partial charge is 0.480 e. The van der Waals surface area contributed by atoms with E-state index in [1.807, 2.05) is 91.0 Å². The molecule has 4 aromatic carbocycles. The number of esters is 1. The summed E-state index contributed by atoms with van der Waals surface area (Å²) in [6, 6.07) is 46.9. The molecule has 0 spiro atoms. The molecular formula is C60H56N8O10. The van der Waals surface area contributed by atoms with Crippen LogP contribution in [-0.2, 0) is 28.7 Å². The number of hydrogen-bond acceptors (Lipinski definition) is 12. The van der Waals surface area contributed by atoms with E-state index in [1.165, 1.54) is 9.80 Å². The summed E-state index contributed by atoms with van der Waals surface area (Å²) in [7, 11) is 0. The van der Waals surface area contributed by atoms with Crippen LogP contribution in [-0.4, -0.2) is 157 Å². The Morgan fingerprint density at radius 2 is 0.731 bits per heavy atom. The van der Waals surface area contributed by atoms with Gasteiger partial charge in [-0.3, -0.25) is 38.7 Å². The molecule has 3 aromatic heterocycles. The fourth-order valence-corrected chi connectivity index (χ4v) is 9.61. The standard InChI is InChI=1S/C60H56N8O10/c69-52(70)34-66(29-31-67(35-53(71)72)36-54(73)74)30-32-68(37-55(75)76)38-56(77)78-33-28-61-43-18-16-42(17-19-43)60-50-26-24-48(64-50)58(40-12-6-2-7-13-40)46-22-20-44(62-46)57(39-10-4-1-5-11-39)45-21-23-47(63-45)59(41-14-8-3-9-15-41)49-25-27-51(60)65-49/h1-27,61-62,65H,28-38H2,(H,69,70)(H,71,72)(H,73,74)(H,75,76). The van der Waals surface area contributed by atoms with E-state index in [-0.39, 0.29) is 39.3 Å². The number of hydrogen-bond donors (Lipinski definition) is 7. The van der Waals surface area contributed by atoms with E-state index in [0.717, 1.165) is 99.9 Å². The lowest BCUT2D eigenvalue weighted by atomic mass is 10.0. The number of aliphatic carboxylic acids is 4. The summed E-state index contributed by atoms with van der Waals surface area (Å²) in [5, 5.41) is 40.7. The summed E-state index contributed by atoms with van der Waals surface area (Å²) in [6.07, 6.45) is 8.23. The van der Waals surface area contributed by atoms with Gasteiger partial charge < -0.3 is 40.4 Å². The van der Waals surface area contributed by atoms with Crippen molar-refractivity contribution in [1.29, 1.82) is 0 Å². The Morgan fingerprint density at radius 3 is 1.09 bits per heavy atom. The van der Waals surface area contributed by atoms with Crippen molar-refractivity contribution in [3.63, 3.8) is 0 Å². The topological polar surface area (TPSA) is 255 Å². The molecule has 0 saturated heterocycles. The van der Waals surface area contributed by atoms with Crippen molar-refractivity contribution in [3.05, 3.63) is 162 Å². The highest BCUT2D eigenvalue weighted by Crippen LogP contribution is 2.38. The minimum Gasteiger partial charge on any atom is -0.480 e. The molecule has 2 aliphatic rings. The first-order valence-corrected chi connectivity index (χ1v) is 25.2. The van der Waals surface area contributed by atoms with E-state index in [2.05, 4.69) is 88.1 Å². The van der Waals surface area contributed by atoms with Gasteiger partial charge in [-0.05, 0) is 83.0 Å². The van der Waals surface area contributed by atoms with Crippen LogP contribution >= 0.6 is 0 Å². The number of H-pyrrole nitrogens is 2. The first-order chi connectivity index (χ1) is 37.8. The molecule has 18 heteroatoms. The molecule has 0 saturated carbocycles. The number of nitrogens with one attached hydrogen (secondary N) is 3. The van der Waals surface area contributed by atoms with Gasteiger partial charge >= 0.3 is 29.8 Å². The predicted octanol–water partition coefficient (Wildman–Crippen LogP) is 8.52. The molecule has 7 N–H and O–H groups in total. The summed E-state index contributed by atoms with van der Waals surface area (Å²) in [5.41, 5.74) is 15.0. The normalized spacial score (nSPS) is 11.8. The predicted molar refractivity (Wildman–Crippen MR) is 300 cm³/mol. The average Bonchev–Trinajstić information content (AvgIpc) is 4.40.